The Morgan fingerprint density at radius 3 is 3.04 bits per heavy atom. The number of fused-ring (bicyclic) bond motifs is 1. The van der Waals surface area contributed by atoms with E-state index in [4.69, 9.17) is 11.6 Å². The lowest BCUT2D eigenvalue weighted by Gasteiger charge is -2.26. The number of nitrogens with one attached hydrogen (secondary N) is 1. The molecule has 4 rings (SSSR count). The third kappa shape index (κ3) is 2.77. The quantitative estimate of drug-likeness (QED) is 0.795. The molecular formula is C17H18ClN5. The molecule has 0 radical (unpaired) electrons. The number of aromatic nitrogens is 4. The standard InChI is InChI=1S/C17H18ClN5/c18-14-6-2-1-4-12(14)7-8-13-5-3-9-23(13)17-15-16(20-10-19-15)21-11-22-17/h1-2,4,6,10-11,13H,3,5,7-9H2,(H,19,20,21,22)/t13-/m1/s1. The van der Waals surface area contributed by atoms with Crippen LogP contribution in [0.3, 0.4) is 0 Å². The van der Waals surface area contributed by atoms with Gasteiger partial charge in [-0.1, -0.05) is 29.8 Å². The zero-order valence-electron chi connectivity index (χ0n) is 12.7. The molecule has 1 aliphatic rings. The molecule has 1 aliphatic heterocycles. The van der Waals surface area contributed by atoms with Crippen molar-refractivity contribution in [3.8, 4) is 0 Å². The maximum atomic E-state index is 6.28. The van der Waals surface area contributed by atoms with Crippen molar-refractivity contribution in [3.63, 3.8) is 0 Å². The number of imidazole rings is 1. The number of anilines is 1. The molecule has 0 amide bonds. The smallest absolute Gasteiger partial charge is 0.182 e. The Hall–Kier alpha value is -2.14. The molecule has 23 heavy (non-hydrogen) atoms. The molecule has 1 fully saturated rings. The van der Waals surface area contributed by atoms with Crippen molar-refractivity contribution in [2.75, 3.05) is 11.4 Å². The van der Waals surface area contributed by atoms with Crippen LogP contribution in [0.4, 0.5) is 5.82 Å². The first-order valence-electron chi connectivity index (χ1n) is 7.97. The second-order valence-corrected chi connectivity index (χ2v) is 6.33. The van der Waals surface area contributed by atoms with Crippen LogP contribution in [0, 0.1) is 0 Å². The molecule has 0 aliphatic carbocycles. The van der Waals surface area contributed by atoms with E-state index >= 15 is 0 Å². The minimum absolute atomic E-state index is 0.479. The fourth-order valence-electron chi connectivity index (χ4n) is 3.41. The van der Waals surface area contributed by atoms with E-state index in [9.17, 15) is 0 Å². The van der Waals surface area contributed by atoms with Crippen LogP contribution >= 0.6 is 11.6 Å². The van der Waals surface area contributed by atoms with E-state index in [1.54, 1.807) is 12.7 Å². The van der Waals surface area contributed by atoms with Crippen molar-refractivity contribution >= 4 is 28.6 Å². The fourth-order valence-corrected chi connectivity index (χ4v) is 3.64. The summed E-state index contributed by atoms with van der Waals surface area (Å²) in [6, 6.07) is 8.57. The average molecular weight is 328 g/mol. The van der Waals surface area contributed by atoms with E-state index in [1.165, 1.54) is 18.4 Å². The van der Waals surface area contributed by atoms with Crippen LogP contribution in [-0.2, 0) is 6.42 Å². The van der Waals surface area contributed by atoms with Gasteiger partial charge in [0.25, 0.3) is 0 Å². The SMILES string of the molecule is Clc1ccccc1CC[C@H]1CCCN1c1ncnc2nc[nH]c12. The van der Waals surface area contributed by atoms with Gasteiger partial charge in [-0.3, -0.25) is 0 Å². The molecule has 3 aromatic rings. The van der Waals surface area contributed by atoms with Crippen LogP contribution < -0.4 is 4.90 Å². The average Bonchev–Trinajstić information content (AvgIpc) is 3.22. The van der Waals surface area contributed by atoms with E-state index in [-0.39, 0.29) is 0 Å². The highest BCUT2D eigenvalue weighted by molar-refractivity contribution is 6.31. The Balaban J connectivity index is 1.55. The Morgan fingerprint density at radius 2 is 2.13 bits per heavy atom. The summed E-state index contributed by atoms with van der Waals surface area (Å²) in [5.74, 6) is 0.967. The molecule has 0 saturated carbocycles. The minimum Gasteiger partial charge on any atom is -0.352 e. The van der Waals surface area contributed by atoms with Gasteiger partial charge in [0.1, 0.15) is 11.8 Å². The molecule has 1 saturated heterocycles. The van der Waals surface area contributed by atoms with Gasteiger partial charge in [-0.15, -0.1) is 0 Å². The Labute approximate surface area is 139 Å². The maximum Gasteiger partial charge on any atom is 0.182 e. The molecule has 1 N–H and O–H groups in total. The third-order valence-corrected chi connectivity index (χ3v) is 4.93. The van der Waals surface area contributed by atoms with Crippen LogP contribution in [0.5, 0.6) is 0 Å². The first-order chi connectivity index (χ1) is 11.3. The van der Waals surface area contributed by atoms with Crippen molar-refractivity contribution in [2.45, 2.75) is 31.7 Å². The number of aromatic amines is 1. The summed E-state index contributed by atoms with van der Waals surface area (Å²) in [7, 11) is 0. The van der Waals surface area contributed by atoms with Crippen LogP contribution in [0.1, 0.15) is 24.8 Å². The van der Waals surface area contributed by atoms with E-state index in [0.717, 1.165) is 41.4 Å². The molecule has 0 unspecified atom stereocenters. The summed E-state index contributed by atoms with van der Waals surface area (Å²) in [4.78, 5) is 18.5. The van der Waals surface area contributed by atoms with E-state index in [1.807, 2.05) is 18.2 Å². The van der Waals surface area contributed by atoms with Crippen LogP contribution in [0.15, 0.2) is 36.9 Å². The van der Waals surface area contributed by atoms with Gasteiger partial charge in [0.15, 0.2) is 11.5 Å². The van der Waals surface area contributed by atoms with Crippen molar-refractivity contribution in [2.24, 2.45) is 0 Å². The number of H-pyrrole nitrogens is 1. The van der Waals surface area contributed by atoms with Gasteiger partial charge in [-0.25, -0.2) is 15.0 Å². The fraction of sp³-hybridized carbons (Fsp3) is 0.353. The first kappa shape index (κ1) is 14.5. The Bertz CT molecular complexity index is 815. The normalized spacial score (nSPS) is 18.0. The zero-order chi connectivity index (χ0) is 15.6. The summed E-state index contributed by atoms with van der Waals surface area (Å²) in [6.45, 7) is 1.03. The summed E-state index contributed by atoms with van der Waals surface area (Å²) < 4.78 is 0. The second kappa shape index (κ2) is 6.16. The highest BCUT2D eigenvalue weighted by atomic mass is 35.5. The highest BCUT2D eigenvalue weighted by Crippen LogP contribution is 2.30. The first-order valence-corrected chi connectivity index (χ1v) is 8.35. The van der Waals surface area contributed by atoms with Gasteiger partial charge < -0.3 is 9.88 Å². The summed E-state index contributed by atoms with van der Waals surface area (Å²) in [5, 5.41) is 0.857. The lowest BCUT2D eigenvalue weighted by Crippen LogP contribution is -2.30. The predicted octanol–water partition coefficient (Wildman–Crippen LogP) is 3.61. The molecule has 0 spiro atoms. The Kier molecular flexibility index (Phi) is 3.87. The number of aryl methyl sites for hydroxylation is 1. The molecular weight excluding hydrogens is 310 g/mol. The third-order valence-electron chi connectivity index (χ3n) is 4.56. The van der Waals surface area contributed by atoms with Crippen LogP contribution in [0.25, 0.3) is 11.2 Å². The molecule has 5 nitrogen and oxygen atoms in total. The van der Waals surface area contributed by atoms with Crippen LogP contribution in [-0.4, -0.2) is 32.5 Å². The second-order valence-electron chi connectivity index (χ2n) is 5.92. The summed E-state index contributed by atoms with van der Waals surface area (Å²) >= 11 is 6.28. The number of hydrogen-bond acceptors (Lipinski definition) is 4. The van der Waals surface area contributed by atoms with E-state index in [2.05, 4.69) is 30.9 Å². The number of hydrogen-bond donors (Lipinski definition) is 1. The molecule has 1 atom stereocenters. The van der Waals surface area contributed by atoms with Gasteiger partial charge >= 0.3 is 0 Å². The number of nitrogens with zero attached hydrogens (tertiary/aromatic N) is 4. The highest BCUT2D eigenvalue weighted by Gasteiger charge is 2.27. The largest absolute Gasteiger partial charge is 0.352 e. The van der Waals surface area contributed by atoms with E-state index < -0.39 is 0 Å². The minimum atomic E-state index is 0.479. The van der Waals surface area contributed by atoms with Gasteiger partial charge in [0.2, 0.25) is 0 Å². The number of rotatable bonds is 4. The molecule has 2 aromatic heterocycles. The maximum absolute atomic E-state index is 6.28. The molecule has 6 heteroatoms. The molecule has 3 heterocycles. The van der Waals surface area contributed by atoms with E-state index in [0.29, 0.717) is 6.04 Å². The van der Waals surface area contributed by atoms with Crippen LogP contribution in [0.2, 0.25) is 5.02 Å². The lowest BCUT2D eigenvalue weighted by molar-refractivity contribution is 0.607. The van der Waals surface area contributed by atoms with Gasteiger partial charge in [0.05, 0.1) is 6.33 Å². The molecule has 1 aromatic carbocycles. The molecule has 118 valence electrons. The molecule has 0 bridgehead atoms. The summed E-state index contributed by atoms with van der Waals surface area (Å²) in [5.41, 5.74) is 2.87. The van der Waals surface area contributed by atoms with Gasteiger partial charge in [0, 0.05) is 17.6 Å². The number of halogens is 1. The van der Waals surface area contributed by atoms with Gasteiger partial charge in [-0.2, -0.15) is 0 Å². The zero-order valence-corrected chi connectivity index (χ0v) is 13.5. The predicted molar refractivity (Wildman–Crippen MR) is 91.8 cm³/mol. The van der Waals surface area contributed by atoms with Crippen molar-refractivity contribution in [1.82, 2.24) is 19.9 Å². The lowest BCUT2D eigenvalue weighted by atomic mass is 10.0. The summed E-state index contributed by atoms with van der Waals surface area (Å²) in [6.07, 6.45) is 7.71. The van der Waals surface area contributed by atoms with Gasteiger partial charge in [-0.05, 0) is 37.3 Å². The van der Waals surface area contributed by atoms with Crippen molar-refractivity contribution in [1.29, 1.82) is 0 Å². The monoisotopic (exact) mass is 327 g/mol. The Morgan fingerprint density at radius 1 is 1.22 bits per heavy atom. The van der Waals surface area contributed by atoms with Crippen molar-refractivity contribution < 1.29 is 0 Å². The van der Waals surface area contributed by atoms with Crippen molar-refractivity contribution in [3.05, 3.63) is 47.5 Å². The number of benzene rings is 1. The topological polar surface area (TPSA) is 57.7 Å².